The van der Waals surface area contributed by atoms with Crippen LogP contribution in [0.3, 0.4) is 0 Å². The number of rotatable bonds is 5. The van der Waals surface area contributed by atoms with Crippen molar-refractivity contribution in [3.05, 3.63) is 24.5 Å². The number of sulfonamides is 1. The first-order chi connectivity index (χ1) is 11.5. The van der Waals surface area contributed by atoms with E-state index in [1.165, 1.54) is 4.31 Å². The van der Waals surface area contributed by atoms with Gasteiger partial charge in [-0.05, 0) is 31.9 Å². The zero-order valence-corrected chi connectivity index (χ0v) is 14.6. The lowest BCUT2D eigenvalue weighted by molar-refractivity contribution is -0.133. The Kier molecular flexibility index (Phi) is 5.05. The summed E-state index contributed by atoms with van der Waals surface area (Å²) in [4.78, 5) is 18.5. The van der Waals surface area contributed by atoms with E-state index in [2.05, 4.69) is 4.98 Å². The van der Waals surface area contributed by atoms with Gasteiger partial charge in [0.05, 0.1) is 18.5 Å². The lowest BCUT2D eigenvalue weighted by Gasteiger charge is -2.26. The predicted molar refractivity (Wildman–Crippen MR) is 89.0 cm³/mol. The van der Waals surface area contributed by atoms with Crippen molar-refractivity contribution in [1.82, 2.24) is 14.2 Å². The molecule has 2 aliphatic heterocycles. The largest absolute Gasteiger partial charge is 0.487 e. The molecule has 0 unspecified atom stereocenters. The van der Waals surface area contributed by atoms with Crippen molar-refractivity contribution in [3.8, 4) is 5.75 Å². The van der Waals surface area contributed by atoms with Crippen molar-refractivity contribution in [2.24, 2.45) is 0 Å². The first-order valence-electron chi connectivity index (χ1n) is 8.36. The van der Waals surface area contributed by atoms with Crippen LogP contribution in [0.4, 0.5) is 0 Å². The summed E-state index contributed by atoms with van der Waals surface area (Å²) < 4.78 is 32.0. The molecule has 2 saturated heterocycles. The molecule has 3 rings (SSSR count). The minimum Gasteiger partial charge on any atom is -0.487 e. The van der Waals surface area contributed by atoms with Crippen molar-refractivity contribution in [2.75, 3.05) is 25.4 Å². The summed E-state index contributed by atoms with van der Waals surface area (Å²) >= 11 is 0. The lowest BCUT2D eigenvalue weighted by Crippen LogP contribution is -2.47. The second-order valence-corrected chi connectivity index (χ2v) is 8.39. The highest BCUT2D eigenvalue weighted by molar-refractivity contribution is 7.89. The molecule has 24 heavy (non-hydrogen) atoms. The van der Waals surface area contributed by atoms with Crippen LogP contribution in [-0.4, -0.2) is 66.0 Å². The number of nitrogens with zero attached hydrogens (tertiary/aromatic N) is 3. The third kappa shape index (κ3) is 3.54. The fourth-order valence-electron chi connectivity index (χ4n) is 3.31. The second kappa shape index (κ2) is 7.06. The van der Waals surface area contributed by atoms with E-state index < -0.39 is 16.1 Å². The first kappa shape index (κ1) is 17.2. The molecule has 8 heteroatoms. The Bertz CT molecular complexity index is 674. The average molecular weight is 353 g/mol. The minimum atomic E-state index is -3.46. The Morgan fingerprint density at radius 1 is 1.38 bits per heavy atom. The molecule has 1 amide bonds. The van der Waals surface area contributed by atoms with Gasteiger partial charge in [0.25, 0.3) is 0 Å². The molecule has 7 nitrogen and oxygen atoms in total. The number of carbonyl (C=O) groups is 1. The molecule has 132 valence electrons. The van der Waals surface area contributed by atoms with Crippen LogP contribution in [0.1, 0.15) is 26.2 Å². The lowest BCUT2D eigenvalue weighted by atomic mass is 10.2. The summed E-state index contributed by atoms with van der Waals surface area (Å²) in [5.41, 5.74) is 0. The van der Waals surface area contributed by atoms with E-state index in [4.69, 9.17) is 4.74 Å². The Balaban J connectivity index is 1.77. The summed E-state index contributed by atoms with van der Waals surface area (Å²) in [5.74, 6) is 0.476. The minimum absolute atomic E-state index is 0.0175. The molecular weight excluding hydrogens is 330 g/mol. The fourth-order valence-corrected chi connectivity index (χ4v) is 4.60. The van der Waals surface area contributed by atoms with Crippen LogP contribution >= 0.6 is 0 Å². The number of ether oxygens (including phenoxy) is 1. The number of amides is 1. The van der Waals surface area contributed by atoms with Gasteiger partial charge in [-0.25, -0.2) is 8.42 Å². The number of hydrogen-bond acceptors (Lipinski definition) is 5. The Hall–Kier alpha value is -1.67. The highest BCUT2D eigenvalue weighted by atomic mass is 32.2. The van der Waals surface area contributed by atoms with Gasteiger partial charge in [-0.2, -0.15) is 4.31 Å². The molecule has 0 aromatic carbocycles. The van der Waals surface area contributed by atoms with E-state index in [0.717, 1.165) is 12.8 Å². The van der Waals surface area contributed by atoms with Gasteiger partial charge in [0.1, 0.15) is 17.9 Å². The van der Waals surface area contributed by atoms with E-state index in [1.807, 2.05) is 0 Å². The maximum absolute atomic E-state index is 12.8. The van der Waals surface area contributed by atoms with Crippen LogP contribution < -0.4 is 4.74 Å². The van der Waals surface area contributed by atoms with Crippen LogP contribution in [0, 0.1) is 0 Å². The summed E-state index contributed by atoms with van der Waals surface area (Å²) in [6.07, 6.45) is 5.24. The van der Waals surface area contributed by atoms with Gasteiger partial charge >= 0.3 is 0 Å². The zero-order chi connectivity index (χ0) is 17.2. The maximum atomic E-state index is 12.8. The Morgan fingerprint density at radius 2 is 2.12 bits per heavy atom. The SMILES string of the molecule is CCS(=O)(=O)N1C[C@@H](Oc2cccnc2)C[C@H]1C(=O)N1CCCC1. The van der Waals surface area contributed by atoms with Gasteiger partial charge < -0.3 is 9.64 Å². The standard InChI is InChI=1S/C16H23N3O4S/c1-2-24(21,22)19-12-14(23-13-6-5-7-17-11-13)10-15(19)16(20)18-8-3-4-9-18/h5-7,11,14-15H,2-4,8-10,12H2,1H3/t14-,15-/m0/s1. The van der Waals surface area contributed by atoms with Gasteiger partial charge in [-0.1, -0.05) is 0 Å². The molecule has 0 saturated carbocycles. The van der Waals surface area contributed by atoms with Gasteiger partial charge in [-0.15, -0.1) is 0 Å². The molecule has 0 bridgehead atoms. The molecule has 0 N–H and O–H groups in total. The van der Waals surface area contributed by atoms with Crippen LogP contribution in [0.15, 0.2) is 24.5 Å². The van der Waals surface area contributed by atoms with Crippen LogP contribution in [-0.2, 0) is 14.8 Å². The third-order valence-corrected chi connectivity index (χ3v) is 6.43. The van der Waals surface area contributed by atoms with E-state index in [-0.39, 0.29) is 24.3 Å². The highest BCUT2D eigenvalue weighted by Crippen LogP contribution is 2.27. The van der Waals surface area contributed by atoms with Gasteiger partial charge in [-0.3, -0.25) is 9.78 Å². The predicted octanol–water partition coefficient (Wildman–Crippen LogP) is 0.875. The molecule has 1 aromatic rings. The maximum Gasteiger partial charge on any atom is 0.241 e. The summed E-state index contributed by atoms with van der Waals surface area (Å²) in [5, 5.41) is 0. The van der Waals surface area contributed by atoms with Crippen molar-refractivity contribution >= 4 is 15.9 Å². The molecule has 1 aromatic heterocycles. The van der Waals surface area contributed by atoms with E-state index in [9.17, 15) is 13.2 Å². The zero-order valence-electron chi connectivity index (χ0n) is 13.8. The second-order valence-electron chi connectivity index (χ2n) is 6.18. The molecule has 0 aliphatic carbocycles. The van der Waals surface area contributed by atoms with Crippen molar-refractivity contribution < 1.29 is 17.9 Å². The molecule has 2 aliphatic rings. The highest BCUT2D eigenvalue weighted by Gasteiger charge is 2.45. The molecule has 0 spiro atoms. The number of hydrogen-bond donors (Lipinski definition) is 0. The third-order valence-electron chi connectivity index (χ3n) is 4.58. The average Bonchev–Trinajstić information content (AvgIpc) is 3.25. The topological polar surface area (TPSA) is 79.8 Å². The van der Waals surface area contributed by atoms with Crippen molar-refractivity contribution in [1.29, 1.82) is 0 Å². The Labute approximate surface area is 142 Å². The quantitative estimate of drug-likeness (QED) is 0.785. The van der Waals surface area contributed by atoms with Crippen molar-refractivity contribution in [3.63, 3.8) is 0 Å². The Morgan fingerprint density at radius 3 is 2.75 bits per heavy atom. The number of likely N-dealkylation sites (tertiary alicyclic amines) is 1. The molecule has 3 heterocycles. The molecule has 0 radical (unpaired) electrons. The number of pyridine rings is 1. The van der Waals surface area contributed by atoms with E-state index >= 15 is 0 Å². The molecule has 2 fully saturated rings. The fraction of sp³-hybridized carbons (Fsp3) is 0.625. The van der Waals surface area contributed by atoms with Crippen LogP contribution in [0.5, 0.6) is 5.75 Å². The smallest absolute Gasteiger partial charge is 0.241 e. The summed E-state index contributed by atoms with van der Waals surface area (Å²) in [6.45, 7) is 3.23. The van der Waals surface area contributed by atoms with Crippen LogP contribution in [0.2, 0.25) is 0 Å². The number of aromatic nitrogens is 1. The van der Waals surface area contributed by atoms with Crippen LogP contribution in [0.25, 0.3) is 0 Å². The number of carbonyl (C=O) groups excluding carboxylic acids is 1. The summed E-state index contributed by atoms with van der Waals surface area (Å²) in [7, 11) is -3.46. The van der Waals surface area contributed by atoms with E-state index in [1.54, 1.807) is 36.4 Å². The molecule has 2 atom stereocenters. The normalized spacial score (nSPS) is 25.1. The molecular formula is C16H23N3O4S. The van der Waals surface area contributed by atoms with Gasteiger partial charge in [0.15, 0.2) is 0 Å². The van der Waals surface area contributed by atoms with Crippen molar-refractivity contribution in [2.45, 2.75) is 38.3 Å². The van der Waals surface area contributed by atoms with Gasteiger partial charge in [0.2, 0.25) is 15.9 Å². The van der Waals surface area contributed by atoms with Gasteiger partial charge in [0, 0.05) is 25.7 Å². The first-order valence-corrected chi connectivity index (χ1v) is 9.97. The monoisotopic (exact) mass is 353 g/mol. The van der Waals surface area contributed by atoms with E-state index in [0.29, 0.717) is 25.3 Å². The summed E-state index contributed by atoms with van der Waals surface area (Å²) in [6, 6.07) is 2.88.